The summed E-state index contributed by atoms with van der Waals surface area (Å²) in [6.07, 6.45) is 0. The number of halogens is 1. The third kappa shape index (κ3) is 3.65. The Morgan fingerprint density at radius 3 is 2.65 bits per heavy atom. The summed E-state index contributed by atoms with van der Waals surface area (Å²) in [7, 11) is -2.24. The van der Waals surface area contributed by atoms with Gasteiger partial charge in [-0.3, -0.25) is 4.57 Å². The van der Waals surface area contributed by atoms with Crippen molar-refractivity contribution in [2.45, 2.75) is 38.3 Å². The molecule has 2 aromatic rings. The fourth-order valence-electron chi connectivity index (χ4n) is 2.16. The van der Waals surface area contributed by atoms with E-state index in [9.17, 15) is 8.42 Å². The fraction of sp³-hybridized carbons (Fsp3) is 0.429. The van der Waals surface area contributed by atoms with E-state index in [-0.39, 0.29) is 4.90 Å². The van der Waals surface area contributed by atoms with E-state index in [0.29, 0.717) is 23.4 Å². The topological polar surface area (TPSA) is 86.1 Å². The van der Waals surface area contributed by atoms with Crippen LogP contribution in [-0.2, 0) is 16.6 Å². The van der Waals surface area contributed by atoms with Gasteiger partial charge in [-0.1, -0.05) is 22.8 Å². The van der Waals surface area contributed by atoms with Gasteiger partial charge >= 0.3 is 6.01 Å². The lowest BCUT2D eigenvalue weighted by Gasteiger charge is -2.15. The van der Waals surface area contributed by atoms with Crippen molar-refractivity contribution in [3.63, 3.8) is 0 Å². The van der Waals surface area contributed by atoms with Crippen LogP contribution in [-0.4, -0.2) is 30.3 Å². The molecule has 0 saturated heterocycles. The highest BCUT2D eigenvalue weighted by Gasteiger charge is 2.23. The highest BCUT2D eigenvalue weighted by Crippen LogP contribution is 2.22. The summed E-state index contributed by atoms with van der Waals surface area (Å²) < 4.78 is 34.4. The number of sulfonamides is 1. The number of benzene rings is 1. The Labute approximate surface area is 140 Å². The average molecular weight is 359 g/mol. The van der Waals surface area contributed by atoms with Crippen molar-refractivity contribution in [2.24, 2.45) is 0 Å². The lowest BCUT2D eigenvalue weighted by molar-refractivity contribution is 0.354. The molecule has 0 radical (unpaired) electrons. The molecule has 0 fully saturated rings. The van der Waals surface area contributed by atoms with E-state index in [4.69, 9.17) is 16.3 Å². The minimum Gasteiger partial charge on any atom is -0.467 e. The summed E-state index contributed by atoms with van der Waals surface area (Å²) in [6.45, 7) is 5.97. The summed E-state index contributed by atoms with van der Waals surface area (Å²) >= 11 is 6.01. The van der Waals surface area contributed by atoms with Crippen LogP contribution >= 0.6 is 11.6 Å². The van der Waals surface area contributed by atoms with E-state index in [1.165, 1.54) is 19.2 Å². The quantitative estimate of drug-likeness (QED) is 0.856. The molecule has 0 saturated carbocycles. The van der Waals surface area contributed by atoms with Gasteiger partial charge in [0.1, 0.15) is 0 Å². The fourth-order valence-corrected chi connectivity index (χ4v) is 3.64. The van der Waals surface area contributed by atoms with Gasteiger partial charge in [0, 0.05) is 11.6 Å². The number of nitrogens with one attached hydrogen (secondary N) is 1. The molecule has 0 aliphatic carbocycles. The Bertz CT molecular complexity index is 804. The molecule has 0 bridgehead atoms. The van der Waals surface area contributed by atoms with E-state index in [1.54, 1.807) is 17.6 Å². The maximum absolute atomic E-state index is 12.5. The van der Waals surface area contributed by atoms with Crippen molar-refractivity contribution in [1.29, 1.82) is 0 Å². The van der Waals surface area contributed by atoms with Gasteiger partial charge in [0.05, 0.1) is 18.0 Å². The molecule has 9 heteroatoms. The van der Waals surface area contributed by atoms with Gasteiger partial charge in [0.2, 0.25) is 10.0 Å². The average Bonchev–Trinajstić information content (AvgIpc) is 2.92. The molecule has 0 unspecified atom stereocenters. The zero-order valence-electron chi connectivity index (χ0n) is 13.4. The second-order valence-electron chi connectivity index (χ2n) is 5.04. The lowest BCUT2D eigenvalue weighted by Crippen LogP contribution is -2.29. The van der Waals surface area contributed by atoms with Crippen LogP contribution in [0.5, 0.6) is 6.01 Å². The summed E-state index contributed by atoms with van der Waals surface area (Å²) in [5, 5.41) is 8.29. The molecule has 7 nitrogen and oxygen atoms in total. The van der Waals surface area contributed by atoms with E-state index in [2.05, 4.69) is 14.9 Å². The molecule has 23 heavy (non-hydrogen) atoms. The normalized spacial score (nSPS) is 13.1. The molecule has 1 heterocycles. The lowest BCUT2D eigenvalue weighted by atomic mass is 10.2. The van der Waals surface area contributed by atoms with Crippen LogP contribution in [0.1, 0.15) is 31.3 Å². The van der Waals surface area contributed by atoms with Gasteiger partial charge in [-0.05, 0) is 38.5 Å². The summed E-state index contributed by atoms with van der Waals surface area (Å²) in [4.78, 5) is 0.106. The van der Waals surface area contributed by atoms with Crippen LogP contribution in [0.3, 0.4) is 0 Å². The molecule has 0 aliphatic rings. The monoisotopic (exact) mass is 358 g/mol. The predicted octanol–water partition coefficient (Wildman–Crippen LogP) is 2.31. The number of nitrogens with zero attached hydrogens (tertiary/aromatic N) is 3. The number of hydrogen-bond donors (Lipinski definition) is 1. The van der Waals surface area contributed by atoms with Gasteiger partial charge < -0.3 is 4.74 Å². The van der Waals surface area contributed by atoms with Crippen LogP contribution < -0.4 is 9.46 Å². The zero-order chi connectivity index (χ0) is 17.2. The number of aryl methyl sites for hydroxylation is 1. The minimum atomic E-state index is -3.73. The molecule has 2 rings (SSSR count). The second kappa shape index (κ2) is 6.86. The second-order valence-corrected chi connectivity index (χ2v) is 7.16. The van der Waals surface area contributed by atoms with E-state index in [0.717, 1.165) is 5.56 Å². The third-order valence-electron chi connectivity index (χ3n) is 3.42. The summed E-state index contributed by atoms with van der Waals surface area (Å²) in [5.41, 5.74) is 0.814. The Morgan fingerprint density at radius 2 is 2.09 bits per heavy atom. The van der Waals surface area contributed by atoms with E-state index < -0.39 is 16.1 Å². The van der Waals surface area contributed by atoms with Gasteiger partial charge in [-0.25, -0.2) is 13.1 Å². The number of methoxy groups -OCH3 is 1. The van der Waals surface area contributed by atoms with Gasteiger partial charge in [0.25, 0.3) is 0 Å². The van der Waals surface area contributed by atoms with Crippen molar-refractivity contribution >= 4 is 21.6 Å². The number of aromatic nitrogens is 3. The molecule has 126 valence electrons. The molecule has 0 spiro atoms. The first-order valence-corrected chi connectivity index (χ1v) is 8.91. The smallest absolute Gasteiger partial charge is 0.316 e. The molecule has 0 amide bonds. The van der Waals surface area contributed by atoms with Crippen molar-refractivity contribution in [1.82, 2.24) is 19.5 Å². The first kappa shape index (κ1) is 17.7. The molecule has 1 N–H and O–H groups in total. The van der Waals surface area contributed by atoms with E-state index >= 15 is 0 Å². The molecule has 0 aliphatic heterocycles. The van der Waals surface area contributed by atoms with Crippen molar-refractivity contribution in [2.75, 3.05) is 7.11 Å². The first-order chi connectivity index (χ1) is 10.8. The van der Waals surface area contributed by atoms with Crippen molar-refractivity contribution in [3.8, 4) is 6.01 Å². The van der Waals surface area contributed by atoms with Crippen LogP contribution in [0.15, 0.2) is 23.1 Å². The number of ether oxygens (including phenoxy) is 1. The molecular formula is C14H19ClN4O3S. The minimum absolute atomic E-state index is 0.106. The standard InChI is InChI=1S/C14H19ClN4O3S/c1-5-19-13(16-17-14(19)22-4)10(3)18-23(20,21)11-7-6-9(2)12(15)8-11/h6-8,10,18H,5H2,1-4H3/t10-/m1/s1. The van der Waals surface area contributed by atoms with Gasteiger partial charge in [0.15, 0.2) is 5.82 Å². The van der Waals surface area contributed by atoms with Crippen molar-refractivity contribution in [3.05, 3.63) is 34.6 Å². The van der Waals surface area contributed by atoms with Crippen LogP contribution in [0.4, 0.5) is 0 Å². The largest absolute Gasteiger partial charge is 0.467 e. The summed E-state index contributed by atoms with van der Waals surface area (Å²) in [5.74, 6) is 0.478. The van der Waals surface area contributed by atoms with Crippen LogP contribution in [0.25, 0.3) is 0 Å². The highest BCUT2D eigenvalue weighted by molar-refractivity contribution is 7.89. The Morgan fingerprint density at radius 1 is 1.39 bits per heavy atom. The Kier molecular flexibility index (Phi) is 5.28. The highest BCUT2D eigenvalue weighted by atomic mass is 35.5. The molecular weight excluding hydrogens is 340 g/mol. The van der Waals surface area contributed by atoms with Gasteiger partial charge in [-0.2, -0.15) is 0 Å². The first-order valence-electron chi connectivity index (χ1n) is 7.05. The molecule has 1 aromatic carbocycles. The van der Waals surface area contributed by atoms with Crippen LogP contribution in [0, 0.1) is 6.92 Å². The Hall–Kier alpha value is -1.64. The predicted molar refractivity (Wildman–Crippen MR) is 87.2 cm³/mol. The SMILES string of the molecule is CCn1c(OC)nnc1[C@@H](C)NS(=O)(=O)c1ccc(C)c(Cl)c1. The Balaban J connectivity index is 2.29. The number of rotatable bonds is 6. The van der Waals surface area contributed by atoms with Gasteiger partial charge in [-0.15, -0.1) is 5.10 Å². The maximum Gasteiger partial charge on any atom is 0.316 e. The molecule has 1 atom stereocenters. The van der Waals surface area contributed by atoms with Crippen molar-refractivity contribution < 1.29 is 13.2 Å². The number of hydrogen-bond acceptors (Lipinski definition) is 5. The maximum atomic E-state index is 12.5. The van der Waals surface area contributed by atoms with E-state index in [1.807, 2.05) is 13.8 Å². The molecule has 1 aromatic heterocycles. The summed E-state index contributed by atoms with van der Waals surface area (Å²) in [6, 6.07) is 4.38. The third-order valence-corrected chi connectivity index (χ3v) is 5.36. The zero-order valence-corrected chi connectivity index (χ0v) is 14.9. The van der Waals surface area contributed by atoms with Crippen LogP contribution in [0.2, 0.25) is 5.02 Å².